The second-order valence-corrected chi connectivity index (χ2v) is 6.73. The van der Waals surface area contributed by atoms with Crippen molar-refractivity contribution in [1.82, 2.24) is 10.2 Å². The van der Waals surface area contributed by atoms with E-state index in [1.54, 1.807) is 23.5 Å². The minimum atomic E-state index is -0.219. The summed E-state index contributed by atoms with van der Waals surface area (Å²) in [5.41, 5.74) is 1.03. The summed E-state index contributed by atoms with van der Waals surface area (Å²) in [5.74, 6) is -0.219. The van der Waals surface area contributed by atoms with Gasteiger partial charge in [-0.05, 0) is 36.1 Å². The number of hydrogen-bond acceptors (Lipinski definition) is 5. The predicted molar refractivity (Wildman–Crippen MR) is 85.5 cm³/mol. The zero-order valence-corrected chi connectivity index (χ0v) is 13.0. The number of hydrogen-bond donors (Lipinski definition) is 1. The van der Waals surface area contributed by atoms with Gasteiger partial charge in [0.2, 0.25) is 5.13 Å². The van der Waals surface area contributed by atoms with Crippen molar-refractivity contribution in [3.8, 4) is 0 Å². The molecular weight excluding hydrogens is 305 g/mol. The molecule has 1 unspecified atom stereocenters. The number of anilines is 1. The molecule has 0 aliphatic carbocycles. The first kappa shape index (κ1) is 14.2. The van der Waals surface area contributed by atoms with Crippen LogP contribution in [0.15, 0.2) is 41.8 Å². The van der Waals surface area contributed by atoms with Gasteiger partial charge in [0, 0.05) is 11.3 Å². The van der Waals surface area contributed by atoms with Crippen LogP contribution in [0.25, 0.3) is 0 Å². The van der Waals surface area contributed by atoms with Crippen molar-refractivity contribution in [2.24, 2.45) is 0 Å². The summed E-state index contributed by atoms with van der Waals surface area (Å²) < 4.78 is 12.9. The third kappa shape index (κ3) is 3.65. The molecule has 0 aliphatic heterocycles. The van der Waals surface area contributed by atoms with Crippen LogP contribution in [-0.4, -0.2) is 10.2 Å². The molecule has 3 aromatic rings. The van der Waals surface area contributed by atoms with Gasteiger partial charge in [0.05, 0.1) is 6.04 Å². The standard InChI is InChI=1S/C15H14FN3S2/c1-10(13-3-2-8-20-13)17-15-19-18-14(21-15)9-11-4-6-12(16)7-5-11/h2-8,10H,9H2,1H3,(H,17,19). The Morgan fingerprint density at radius 1 is 1.19 bits per heavy atom. The van der Waals surface area contributed by atoms with E-state index in [-0.39, 0.29) is 11.9 Å². The number of aromatic nitrogens is 2. The first-order valence-corrected chi connectivity index (χ1v) is 8.27. The molecule has 0 aliphatic rings. The molecule has 0 bridgehead atoms. The Morgan fingerprint density at radius 3 is 2.71 bits per heavy atom. The molecular formula is C15H14FN3S2. The van der Waals surface area contributed by atoms with Gasteiger partial charge < -0.3 is 5.32 Å². The molecule has 2 aromatic heterocycles. The second-order valence-electron chi connectivity index (χ2n) is 4.69. The minimum absolute atomic E-state index is 0.219. The topological polar surface area (TPSA) is 37.8 Å². The summed E-state index contributed by atoms with van der Waals surface area (Å²) in [6, 6.07) is 10.8. The van der Waals surface area contributed by atoms with E-state index in [0.717, 1.165) is 15.7 Å². The quantitative estimate of drug-likeness (QED) is 0.752. The van der Waals surface area contributed by atoms with E-state index < -0.39 is 0 Å². The number of thiophene rings is 1. The lowest BCUT2D eigenvalue weighted by atomic mass is 10.2. The van der Waals surface area contributed by atoms with Gasteiger partial charge in [-0.1, -0.05) is 29.5 Å². The monoisotopic (exact) mass is 319 g/mol. The molecule has 1 aromatic carbocycles. The molecule has 3 nitrogen and oxygen atoms in total. The lowest BCUT2D eigenvalue weighted by Crippen LogP contribution is -2.04. The molecule has 0 amide bonds. The highest BCUT2D eigenvalue weighted by molar-refractivity contribution is 7.15. The fraction of sp³-hybridized carbons (Fsp3) is 0.200. The average Bonchev–Trinajstić information content (AvgIpc) is 3.13. The number of nitrogens with one attached hydrogen (secondary N) is 1. The summed E-state index contributed by atoms with van der Waals surface area (Å²) in [5, 5.41) is 15.5. The fourth-order valence-corrected chi connectivity index (χ4v) is 3.55. The predicted octanol–water partition coefficient (Wildman–Crippen LogP) is 4.50. The van der Waals surface area contributed by atoms with E-state index in [9.17, 15) is 4.39 Å². The molecule has 2 heterocycles. The maximum absolute atomic E-state index is 12.9. The first-order valence-electron chi connectivity index (χ1n) is 6.57. The van der Waals surface area contributed by atoms with Crippen LogP contribution in [0.1, 0.15) is 28.4 Å². The SMILES string of the molecule is CC(Nc1nnc(Cc2ccc(F)cc2)s1)c1cccs1. The highest BCUT2D eigenvalue weighted by atomic mass is 32.1. The van der Waals surface area contributed by atoms with E-state index in [0.29, 0.717) is 6.42 Å². The zero-order chi connectivity index (χ0) is 14.7. The maximum atomic E-state index is 12.9. The smallest absolute Gasteiger partial charge is 0.206 e. The molecule has 21 heavy (non-hydrogen) atoms. The average molecular weight is 319 g/mol. The zero-order valence-electron chi connectivity index (χ0n) is 11.4. The largest absolute Gasteiger partial charge is 0.353 e. The minimum Gasteiger partial charge on any atom is -0.353 e. The summed E-state index contributed by atoms with van der Waals surface area (Å²) in [6.45, 7) is 2.10. The van der Waals surface area contributed by atoms with Gasteiger partial charge in [-0.25, -0.2) is 4.39 Å². The van der Waals surface area contributed by atoms with E-state index in [1.165, 1.54) is 28.3 Å². The van der Waals surface area contributed by atoms with E-state index >= 15 is 0 Å². The van der Waals surface area contributed by atoms with Crippen molar-refractivity contribution >= 4 is 27.8 Å². The van der Waals surface area contributed by atoms with E-state index in [4.69, 9.17) is 0 Å². The van der Waals surface area contributed by atoms with Crippen molar-refractivity contribution in [3.05, 3.63) is 63.0 Å². The highest BCUT2D eigenvalue weighted by Crippen LogP contribution is 2.25. The number of rotatable bonds is 5. The summed E-state index contributed by atoms with van der Waals surface area (Å²) in [6.07, 6.45) is 0.674. The summed E-state index contributed by atoms with van der Waals surface area (Å²) in [7, 11) is 0. The van der Waals surface area contributed by atoms with Crippen molar-refractivity contribution < 1.29 is 4.39 Å². The fourth-order valence-electron chi connectivity index (χ4n) is 1.95. The maximum Gasteiger partial charge on any atom is 0.206 e. The molecule has 1 atom stereocenters. The van der Waals surface area contributed by atoms with Crippen LogP contribution in [-0.2, 0) is 6.42 Å². The highest BCUT2D eigenvalue weighted by Gasteiger charge is 2.10. The summed E-state index contributed by atoms with van der Waals surface area (Å²) >= 11 is 3.25. The van der Waals surface area contributed by atoms with Crippen molar-refractivity contribution in [3.63, 3.8) is 0 Å². The number of halogens is 1. The lowest BCUT2D eigenvalue weighted by molar-refractivity contribution is 0.627. The molecule has 3 rings (SSSR count). The van der Waals surface area contributed by atoms with Crippen molar-refractivity contribution in [1.29, 1.82) is 0 Å². The van der Waals surface area contributed by atoms with Crippen LogP contribution in [0.4, 0.5) is 9.52 Å². The van der Waals surface area contributed by atoms with Gasteiger partial charge in [-0.2, -0.15) is 0 Å². The van der Waals surface area contributed by atoms with E-state index in [1.807, 2.05) is 6.07 Å². The van der Waals surface area contributed by atoms with Gasteiger partial charge in [-0.15, -0.1) is 21.5 Å². The van der Waals surface area contributed by atoms with Crippen LogP contribution < -0.4 is 5.32 Å². The Balaban J connectivity index is 1.64. The molecule has 6 heteroatoms. The Morgan fingerprint density at radius 2 is 2.00 bits per heavy atom. The van der Waals surface area contributed by atoms with Crippen LogP contribution in [0, 0.1) is 5.82 Å². The Labute approximate surface area is 130 Å². The van der Waals surface area contributed by atoms with Gasteiger partial charge >= 0.3 is 0 Å². The molecule has 108 valence electrons. The third-order valence-electron chi connectivity index (χ3n) is 3.05. The second kappa shape index (κ2) is 6.32. The Kier molecular flexibility index (Phi) is 4.26. The Hall–Kier alpha value is -1.79. The van der Waals surface area contributed by atoms with Crippen LogP contribution in [0.3, 0.4) is 0 Å². The van der Waals surface area contributed by atoms with E-state index in [2.05, 4.69) is 33.9 Å². The van der Waals surface area contributed by atoms with Gasteiger partial charge in [-0.3, -0.25) is 0 Å². The van der Waals surface area contributed by atoms with Gasteiger partial charge in [0.15, 0.2) is 0 Å². The van der Waals surface area contributed by atoms with Crippen molar-refractivity contribution in [2.45, 2.75) is 19.4 Å². The molecule has 0 spiro atoms. The molecule has 1 N–H and O–H groups in total. The normalized spacial score (nSPS) is 12.3. The van der Waals surface area contributed by atoms with Crippen molar-refractivity contribution in [2.75, 3.05) is 5.32 Å². The lowest BCUT2D eigenvalue weighted by Gasteiger charge is -2.09. The van der Waals surface area contributed by atoms with Gasteiger partial charge in [0.1, 0.15) is 10.8 Å². The molecule has 0 fully saturated rings. The third-order valence-corrected chi connectivity index (χ3v) is 4.95. The Bertz CT molecular complexity index is 692. The molecule has 0 radical (unpaired) electrons. The van der Waals surface area contributed by atoms with Crippen LogP contribution in [0.2, 0.25) is 0 Å². The first-order chi connectivity index (χ1) is 10.2. The van der Waals surface area contributed by atoms with Gasteiger partial charge in [0.25, 0.3) is 0 Å². The van der Waals surface area contributed by atoms with Crippen LogP contribution in [0.5, 0.6) is 0 Å². The van der Waals surface area contributed by atoms with Crippen LogP contribution >= 0.6 is 22.7 Å². The number of nitrogens with zero attached hydrogens (tertiary/aromatic N) is 2. The number of benzene rings is 1. The summed E-state index contributed by atoms with van der Waals surface area (Å²) in [4.78, 5) is 1.27. The molecule has 0 saturated carbocycles. The molecule has 0 saturated heterocycles.